The average Bonchev–Trinajstić information content (AvgIpc) is 2.77. The van der Waals surface area contributed by atoms with Crippen LogP contribution in [0, 0.1) is 5.92 Å². The molecule has 1 atom stereocenters. The van der Waals surface area contributed by atoms with Crippen LogP contribution in [0.3, 0.4) is 0 Å². The molecule has 17 heavy (non-hydrogen) atoms. The molecule has 5 heteroatoms. The predicted octanol–water partition coefficient (Wildman–Crippen LogP) is 1.78. The summed E-state index contributed by atoms with van der Waals surface area (Å²) in [5.74, 6) is 2.13. The summed E-state index contributed by atoms with van der Waals surface area (Å²) in [5.41, 5.74) is 0. The topological polar surface area (TPSA) is 54.2 Å². The van der Waals surface area contributed by atoms with Gasteiger partial charge in [-0.1, -0.05) is 6.92 Å². The first-order valence-electron chi connectivity index (χ1n) is 6.53. The molecule has 0 spiro atoms. The Morgan fingerprint density at radius 2 is 2.41 bits per heavy atom. The summed E-state index contributed by atoms with van der Waals surface area (Å²) in [6, 6.07) is 0. The third kappa shape index (κ3) is 3.70. The first-order valence-corrected chi connectivity index (χ1v) is 6.53. The van der Waals surface area contributed by atoms with E-state index in [1.165, 1.54) is 32.4 Å². The summed E-state index contributed by atoms with van der Waals surface area (Å²) in [5, 5.41) is 7.10. The number of piperidine rings is 1. The Morgan fingerprint density at radius 3 is 3.12 bits per heavy atom. The van der Waals surface area contributed by atoms with E-state index in [4.69, 9.17) is 4.52 Å². The van der Waals surface area contributed by atoms with E-state index >= 15 is 0 Å². The number of anilines is 1. The molecule has 0 saturated carbocycles. The average molecular weight is 238 g/mol. The van der Waals surface area contributed by atoms with Crippen molar-refractivity contribution in [3.63, 3.8) is 0 Å². The van der Waals surface area contributed by atoms with Gasteiger partial charge >= 0.3 is 0 Å². The fourth-order valence-electron chi connectivity index (χ4n) is 2.37. The lowest BCUT2D eigenvalue weighted by atomic mass is 9.95. The van der Waals surface area contributed by atoms with Gasteiger partial charge in [0.15, 0.2) is 0 Å². The number of hydrogen-bond donors (Lipinski definition) is 1. The van der Waals surface area contributed by atoms with Crippen LogP contribution in [0.5, 0.6) is 0 Å². The molecule has 96 valence electrons. The van der Waals surface area contributed by atoms with Crippen molar-refractivity contribution in [3.05, 3.63) is 5.89 Å². The zero-order valence-electron chi connectivity index (χ0n) is 10.8. The maximum atomic E-state index is 5.04. The summed E-state index contributed by atoms with van der Waals surface area (Å²) >= 11 is 0. The van der Waals surface area contributed by atoms with Gasteiger partial charge in [0.05, 0.1) is 0 Å². The van der Waals surface area contributed by atoms with E-state index in [0.717, 1.165) is 18.9 Å². The summed E-state index contributed by atoms with van der Waals surface area (Å²) < 4.78 is 5.04. The second-order valence-electron chi connectivity index (χ2n) is 4.85. The molecule has 2 heterocycles. The molecule has 1 saturated heterocycles. The first-order chi connectivity index (χ1) is 8.28. The van der Waals surface area contributed by atoms with E-state index in [-0.39, 0.29) is 0 Å². The van der Waals surface area contributed by atoms with Gasteiger partial charge in [-0.2, -0.15) is 4.98 Å². The smallest absolute Gasteiger partial charge is 0.263 e. The molecule has 5 nitrogen and oxygen atoms in total. The molecule has 0 aliphatic carbocycles. The minimum absolute atomic E-state index is 0.631. The number of aryl methyl sites for hydroxylation is 1. The molecule has 1 unspecified atom stereocenters. The van der Waals surface area contributed by atoms with E-state index in [0.29, 0.717) is 11.8 Å². The van der Waals surface area contributed by atoms with Crippen molar-refractivity contribution in [3.8, 4) is 0 Å². The minimum atomic E-state index is 0.631. The Morgan fingerprint density at radius 1 is 1.53 bits per heavy atom. The lowest BCUT2D eigenvalue weighted by molar-refractivity contribution is 0.205. The zero-order valence-corrected chi connectivity index (χ0v) is 10.8. The van der Waals surface area contributed by atoms with Crippen molar-refractivity contribution in [1.82, 2.24) is 15.0 Å². The molecule has 0 aromatic carbocycles. The summed E-state index contributed by atoms with van der Waals surface area (Å²) in [7, 11) is 2.20. The monoisotopic (exact) mass is 238 g/mol. The van der Waals surface area contributed by atoms with Gasteiger partial charge in [-0.15, -0.1) is 0 Å². The van der Waals surface area contributed by atoms with Crippen LogP contribution in [0.2, 0.25) is 0 Å². The molecule has 1 aromatic heterocycles. The zero-order chi connectivity index (χ0) is 12.1. The van der Waals surface area contributed by atoms with Gasteiger partial charge in [-0.05, 0) is 43.9 Å². The Bertz CT molecular complexity index is 339. The van der Waals surface area contributed by atoms with Crippen molar-refractivity contribution in [2.75, 3.05) is 32.0 Å². The number of hydrogen-bond acceptors (Lipinski definition) is 5. The third-order valence-electron chi connectivity index (χ3n) is 3.33. The molecule has 1 aliphatic heterocycles. The van der Waals surface area contributed by atoms with Crippen molar-refractivity contribution in [2.45, 2.75) is 32.6 Å². The Hall–Kier alpha value is -1.10. The second-order valence-corrected chi connectivity index (χ2v) is 4.85. The van der Waals surface area contributed by atoms with Gasteiger partial charge in [-0.25, -0.2) is 0 Å². The molecule has 1 aliphatic rings. The highest BCUT2D eigenvalue weighted by molar-refractivity contribution is 5.20. The molecule has 0 radical (unpaired) electrons. The van der Waals surface area contributed by atoms with E-state index in [1.807, 2.05) is 6.92 Å². The van der Waals surface area contributed by atoms with Crippen molar-refractivity contribution in [2.24, 2.45) is 5.92 Å². The molecule has 1 aromatic rings. The largest absolute Gasteiger partial charge is 0.352 e. The maximum absolute atomic E-state index is 5.04. The van der Waals surface area contributed by atoms with Crippen LogP contribution in [-0.2, 0) is 6.42 Å². The molecular formula is C12H22N4O. The molecule has 0 bridgehead atoms. The molecule has 1 fully saturated rings. The lowest BCUT2D eigenvalue weighted by Gasteiger charge is -2.29. The van der Waals surface area contributed by atoms with Crippen LogP contribution >= 0.6 is 0 Å². The van der Waals surface area contributed by atoms with Gasteiger partial charge in [-0.3, -0.25) is 0 Å². The van der Waals surface area contributed by atoms with E-state index < -0.39 is 0 Å². The van der Waals surface area contributed by atoms with Crippen LogP contribution in [0.15, 0.2) is 4.52 Å². The van der Waals surface area contributed by atoms with Crippen molar-refractivity contribution >= 4 is 5.95 Å². The standard InChI is InChI=1S/C12H22N4O/c1-3-11-14-12(15-17-11)13-7-6-10-5-4-8-16(2)9-10/h10H,3-9H2,1-2H3,(H,13,15). The highest BCUT2D eigenvalue weighted by Gasteiger charge is 2.16. The minimum Gasteiger partial charge on any atom is -0.352 e. The van der Waals surface area contributed by atoms with Crippen LogP contribution in [0.4, 0.5) is 5.95 Å². The summed E-state index contributed by atoms with van der Waals surface area (Å²) in [4.78, 5) is 6.64. The van der Waals surface area contributed by atoms with Crippen molar-refractivity contribution < 1.29 is 4.52 Å². The fraction of sp³-hybridized carbons (Fsp3) is 0.833. The highest BCUT2D eigenvalue weighted by atomic mass is 16.5. The SMILES string of the molecule is CCc1nc(NCCC2CCCN(C)C2)no1. The summed E-state index contributed by atoms with van der Waals surface area (Å²) in [6.07, 6.45) is 4.64. The van der Waals surface area contributed by atoms with Crippen LogP contribution < -0.4 is 5.32 Å². The Balaban J connectivity index is 1.68. The molecule has 0 amide bonds. The van der Waals surface area contributed by atoms with Gasteiger partial charge < -0.3 is 14.7 Å². The number of nitrogens with zero attached hydrogens (tertiary/aromatic N) is 3. The normalized spacial score (nSPS) is 21.6. The number of aromatic nitrogens is 2. The molecule has 1 N–H and O–H groups in total. The summed E-state index contributed by atoms with van der Waals surface area (Å²) in [6.45, 7) is 5.40. The van der Waals surface area contributed by atoms with E-state index in [9.17, 15) is 0 Å². The van der Waals surface area contributed by atoms with Crippen LogP contribution in [0.1, 0.15) is 32.1 Å². The van der Waals surface area contributed by atoms with Crippen molar-refractivity contribution in [1.29, 1.82) is 0 Å². The van der Waals surface area contributed by atoms with Gasteiger partial charge in [0.2, 0.25) is 5.89 Å². The van der Waals surface area contributed by atoms with Crippen LogP contribution in [-0.4, -0.2) is 41.7 Å². The second kappa shape index (κ2) is 6.00. The Kier molecular flexibility index (Phi) is 4.36. The van der Waals surface area contributed by atoms with Gasteiger partial charge in [0, 0.05) is 19.5 Å². The lowest BCUT2D eigenvalue weighted by Crippen LogP contribution is -2.32. The number of rotatable bonds is 5. The highest BCUT2D eigenvalue weighted by Crippen LogP contribution is 2.18. The third-order valence-corrected chi connectivity index (χ3v) is 3.33. The molecular weight excluding hydrogens is 216 g/mol. The molecule has 2 rings (SSSR count). The van der Waals surface area contributed by atoms with Gasteiger partial charge in [0.25, 0.3) is 5.95 Å². The van der Waals surface area contributed by atoms with Gasteiger partial charge in [0.1, 0.15) is 0 Å². The van der Waals surface area contributed by atoms with E-state index in [2.05, 4.69) is 27.4 Å². The number of nitrogens with one attached hydrogen (secondary N) is 1. The maximum Gasteiger partial charge on any atom is 0.263 e. The van der Waals surface area contributed by atoms with Crippen LogP contribution in [0.25, 0.3) is 0 Å². The predicted molar refractivity (Wildman–Crippen MR) is 67.0 cm³/mol. The van der Waals surface area contributed by atoms with E-state index in [1.54, 1.807) is 0 Å². The first kappa shape index (κ1) is 12.4. The Labute approximate surface area is 103 Å². The fourth-order valence-corrected chi connectivity index (χ4v) is 2.37. The number of likely N-dealkylation sites (tertiary alicyclic amines) is 1. The quantitative estimate of drug-likeness (QED) is 0.847.